The molecular formula is C91H159NO8P+. The van der Waals surface area contributed by atoms with Crippen molar-refractivity contribution in [3.63, 3.8) is 0 Å². The van der Waals surface area contributed by atoms with Crippen molar-refractivity contribution in [3.8, 4) is 0 Å². The molecule has 0 aromatic heterocycles. The summed E-state index contributed by atoms with van der Waals surface area (Å²) in [4.78, 5) is 36.0. The Hall–Kier alpha value is -4.11. The minimum Gasteiger partial charge on any atom is -0.462 e. The molecular weight excluding hydrogens is 1270 g/mol. The first-order chi connectivity index (χ1) is 49.5. The highest BCUT2D eigenvalue weighted by Gasteiger charge is 2.27. The standard InChI is InChI=1S/C91H158NO8P/c1-6-8-10-12-14-16-18-20-22-24-26-28-30-32-34-36-38-40-42-44-46-48-50-52-54-56-58-60-62-64-66-68-70-72-74-76-78-80-82-84-91(94)100-89(88-99-101(95,96)98-86-85-92(3,4)5)87-97-90(93)83-81-79-77-75-73-71-69-67-65-63-61-59-57-55-53-51-49-47-45-43-41-39-37-35-33-31-29-27-25-23-21-19-17-15-13-11-9-7-2/h8,10,14,16,20,22,26,28,32,34,38,40,44,46,50,52,56,58,62,64,68,70,74,76,89H,6-7,9,11-13,15,17-19,21,23-25,27,29-31,33,35-37,39,41-43,45,47-49,51,53-55,57,59-61,63,65-67,69,71-73,75,77-88H2,1-5H3/p+1/b10-8-,16-14-,22-20-,28-26-,34-32-,40-38-,46-44-,52-50-,58-56-,64-62-,70-68-,76-74-. The van der Waals surface area contributed by atoms with Crippen molar-refractivity contribution >= 4 is 19.8 Å². The van der Waals surface area contributed by atoms with Crippen LogP contribution in [0.25, 0.3) is 0 Å². The zero-order valence-corrected chi connectivity index (χ0v) is 67.2. The van der Waals surface area contributed by atoms with E-state index in [9.17, 15) is 19.0 Å². The van der Waals surface area contributed by atoms with Gasteiger partial charge in [0.05, 0.1) is 27.7 Å². The highest BCUT2D eigenvalue weighted by atomic mass is 31.2. The maximum absolute atomic E-state index is 12.9. The number of carbonyl (C=O) groups excluding carboxylic acids is 2. The van der Waals surface area contributed by atoms with E-state index in [2.05, 4.69) is 160 Å². The molecule has 0 aromatic carbocycles. The molecule has 0 bridgehead atoms. The summed E-state index contributed by atoms with van der Waals surface area (Å²) in [5, 5.41) is 0. The van der Waals surface area contributed by atoms with Gasteiger partial charge in [0, 0.05) is 12.8 Å². The first-order valence-electron chi connectivity index (χ1n) is 42.1. The summed E-state index contributed by atoms with van der Waals surface area (Å²) in [6, 6.07) is 0. The molecule has 0 spiro atoms. The van der Waals surface area contributed by atoms with E-state index < -0.39 is 26.5 Å². The average Bonchev–Trinajstić information content (AvgIpc) is 0.973. The molecule has 1 N–H and O–H groups in total. The first kappa shape index (κ1) is 96.9. The van der Waals surface area contributed by atoms with E-state index in [1.807, 2.05) is 21.1 Å². The van der Waals surface area contributed by atoms with E-state index in [0.717, 1.165) is 109 Å². The molecule has 0 aliphatic rings. The van der Waals surface area contributed by atoms with Crippen LogP contribution in [0.15, 0.2) is 146 Å². The molecule has 2 unspecified atom stereocenters. The van der Waals surface area contributed by atoms with Crippen LogP contribution in [0.3, 0.4) is 0 Å². The van der Waals surface area contributed by atoms with Gasteiger partial charge >= 0.3 is 19.8 Å². The highest BCUT2D eigenvalue weighted by molar-refractivity contribution is 7.47. The second-order valence-electron chi connectivity index (χ2n) is 29.1. The van der Waals surface area contributed by atoms with Gasteiger partial charge in [-0.05, 0) is 103 Å². The molecule has 9 nitrogen and oxygen atoms in total. The van der Waals surface area contributed by atoms with E-state index in [1.165, 1.54) is 225 Å². The Bertz CT molecular complexity index is 2220. The van der Waals surface area contributed by atoms with Crippen LogP contribution in [-0.2, 0) is 32.7 Å². The van der Waals surface area contributed by atoms with Crippen LogP contribution >= 0.6 is 7.82 Å². The molecule has 580 valence electrons. The molecule has 0 fully saturated rings. The maximum atomic E-state index is 12.9. The van der Waals surface area contributed by atoms with Crippen molar-refractivity contribution in [2.75, 3.05) is 47.5 Å². The fourth-order valence-corrected chi connectivity index (χ4v) is 12.5. The minimum absolute atomic E-state index is 0.0173. The van der Waals surface area contributed by atoms with Gasteiger partial charge in [-0.2, -0.15) is 0 Å². The van der Waals surface area contributed by atoms with Gasteiger partial charge in [-0.15, -0.1) is 0 Å². The lowest BCUT2D eigenvalue weighted by atomic mass is 10.0. The second kappa shape index (κ2) is 80.0. The number of allylic oxidation sites excluding steroid dienone is 24. The predicted octanol–water partition coefficient (Wildman–Crippen LogP) is 28.5. The highest BCUT2D eigenvalue weighted by Crippen LogP contribution is 2.43. The van der Waals surface area contributed by atoms with Crippen LogP contribution in [0, 0.1) is 0 Å². The quantitative estimate of drug-likeness (QED) is 0.0211. The normalized spacial score (nSPS) is 13.8. The van der Waals surface area contributed by atoms with Gasteiger partial charge in [-0.1, -0.05) is 397 Å². The van der Waals surface area contributed by atoms with Crippen LogP contribution in [-0.4, -0.2) is 74.9 Å². The van der Waals surface area contributed by atoms with Crippen molar-refractivity contribution in [1.82, 2.24) is 0 Å². The lowest BCUT2D eigenvalue weighted by molar-refractivity contribution is -0.870. The Labute approximate surface area is 624 Å². The molecule has 2 atom stereocenters. The van der Waals surface area contributed by atoms with Gasteiger partial charge < -0.3 is 18.9 Å². The van der Waals surface area contributed by atoms with E-state index in [0.29, 0.717) is 17.4 Å². The van der Waals surface area contributed by atoms with Crippen LogP contribution < -0.4 is 0 Å². The number of phosphoric acid groups is 1. The third-order valence-electron chi connectivity index (χ3n) is 18.1. The maximum Gasteiger partial charge on any atom is 0.472 e. The van der Waals surface area contributed by atoms with Crippen LogP contribution in [0.1, 0.15) is 367 Å². The average molecular weight is 1430 g/mol. The van der Waals surface area contributed by atoms with Crippen molar-refractivity contribution in [2.24, 2.45) is 0 Å². The summed E-state index contributed by atoms with van der Waals surface area (Å²) in [6.07, 6.45) is 119. The number of likely N-dealkylation sites (N-methyl/N-ethyl adjacent to an activating group) is 1. The Morgan fingerprint density at radius 1 is 0.317 bits per heavy atom. The van der Waals surface area contributed by atoms with E-state index in [1.54, 1.807) is 0 Å². The molecule has 0 saturated heterocycles. The molecule has 0 heterocycles. The molecule has 0 aliphatic carbocycles. The summed E-state index contributed by atoms with van der Waals surface area (Å²) in [5.74, 6) is -0.845. The number of unbranched alkanes of at least 4 members (excludes halogenated alkanes) is 39. The van der Waals surface area contributed by atoms with Crippen LogP contribution in [0.2, 0.25) is 0 Å². The Morgan fingerprint density at radius 3 is 0.842 bits per heavy atom. The molecule has 0 amide bonds. The van der Waals surface area contributed by atoms with Gasteiger partial charge in [0.15, 0.2) is 6.10 Å². The smallest absolute Gasteiger partial charge is 0.462 e. The van der Waals surface area contributed by atoms with Gasteiger partial charge in [-0.25, -0.2) is 4.57 Å². The fourth-order valence-electron chi connectivity index (χ4n) is 11.8. The van der Waals surface area contributed by atoms with Gasteiger partial charge in [0.25, 0.3) is 0 Å². The fraction of sp³-hybridized carbons (Fsp3) is 0.714. The van der Waals surface area contributed by atoms with Crippen molar-refractivity contribution in [1.29, 1.82) is 0 Å². The molecule has 10 heteroatoms. The summed E-state index contributed by atoms with van der Waals surface area (Å²) < 4.78 is 34.8. The number of rotatable bonds is 77. The van der Waals surface area contributed by atoms with Gasteiger partial charge in [0.1, 0.15) is 19.8 Å². The molecule has 0 rings (SSSR count). The Balaban J connectivity index is 4.05. The van der Waals surface area contributed by atoms with E-state index in [-0.39, 0.29) is 32.0 Å². The number of carbonyl (C=O) groups is 2. The van der Waals surface area contributed by atoms with Crippen LogP contribution in [0.5, 0.6) is 0 Å². The Kier molecular flexibility index (Phi) is 76.7. The lowest BCUT2D eigenvalue weighted by Crippen LogP contribution is -2.37. The molecule has 0 aliphatic heterocycles. The molecule has 0 aromatic rings. The largest absolute Gasteiger partial charge is 0.472 e. The SMILES string of the molecule is CC/C=C\C/C=C\C/C=C\C/C=C\C/C=C\C/C=C\C/C=C\C/C=C\C/C=C\C/C=C\C/C=C\C/C=C\CCCCC(=O)OC(COC(=O)CCCCCCCCCCCCCCCCCCCCCCCCCCCCCCCCCCCCCCCC)COP(=O)(O)OCC[N+](C)(C)C. The zero-order valence-electron chi connectivity index (χ0n) is 66.4. The molecule has 0 radical (unpaired) electrons. The van der Waals surface area contributed by atoms with Gasteiger partial charge in [-0.3, -0.25) is 18.6 Å². The third-order valence-corrected chi connectivity index (χ3v) is 19.1. The third kappa shape index (κ3) is 84.7. The number of phosphoric ester groups is 1. The van der Waals surface area contributed by atoms with Crippen molar-refractivity contribution < 1.29 is 42.1 Å². The molecule has 0 saturated carbocycles. The minimum atomic E-state index is -4.42. The topological polar surface area (TPSA) is 108 Å². The Morgan fingerprint density at radius 2 is 0.564 bits per heavy atom. The molecule has 101 heavy (non-hydrogen) atoms. The van der Waals surface area contributed by atoms with Crippen molar-refractivity contribution in [3.05, 3.63) is 146 Å². The second-order valence-corrected chi connectivity index (χ2v) is 30.6. The monoisotopic (exact) mass is 1430 g/mol. The number of nitrogens with zero attached hydrogens (tertiary/aromatic N) is 1. The van der Waals surface area contributed by atoms with Gasteiger partial charge in [0.2, 0.25) is 0 Å². The van der Waals surface area contributed by atoms with Crippen molar-refractivity contribution in [2.45, 2.75) is 373 Å². The number of hydrogen-bond acceptors (Lipinski definition) is 7. The lowest BCUT2D eigenvalue weighted by Gasteiger charge is -2.24. The first-order valence-corrected chi connectivity index (χ1v) is 43.6. The summed E-state index contributed by atoms with van der Waals surface area (Å²) in [6.45, 7) is 4.30. The number of esters is 2. The summed E-state index contributed by atoms with van der Waals surface area (Å²) in [5.41, 5.74) is 0. The van der Waals surface area contributed by atoms with E-state index in [4.69, 9.17) is 18.5 Å². The van der Waals surface area contributed by atoms with E-state index >= 15 is 0 Å². The van der Waals surface area contributed by atoms with Crippen LogP contribution in [0.4, 0.5) is 0 Å². The summed E-state index contributed by atoms with van der Waals surface area (Å²) in [7, 11) is 1.44. The zero-order chi connectivity index (χ0) is 73.3. The number of ether oxygens (including phenoxy) is 2. The number of quaternary nitrogens is 1. The summed E-state index contributed by atoms with van der Waals surface area (Å²) >= 11 is 0. The predicted molar refractivity (Wildman–Crippen MR) is 440 cm³/mol. The number of hydrogen-bond donors (Lipinski definition) is 1.